The Morgan fingerprint density at radius 3 is 2.44 bits per heavy atom. The number of nitrogens with zero attached hydrogens (tertiary/aromatic N) is 3. The van der Waals surface area contributed by atoms with Crippen LogP contribution in [0.25, 0.3) is 16.8 Å². The van der Waals surface area contributed by atoms with Gasteiger partial charge in [0.15, 0.2) is 0 Å². The van der Waals surface area contributed by atoms with Gasteiger partial charge in [-0.05, 0) is 74.8 Å². The highest BCUT2D eigenvalue weighted by Crippen LogP contribution is 2.38. The predicted molar refractivity (Wildman–Crippen MR) is 138 cm³/mol. The van der Waals surface area contributed by atoms with Crippen LogP contribution in [0.5, 0.6) is 0 Å². The Morgan fingerprint density at radius 2 is 1.68 bits per heavy atom. The Bertz CT molecular complexity index is 1200. The molecule has 1 aromatic heterocycles. The number of piperidine rings is 1. The number of imidazole rings is 1. The van der Waals surface area contributed by atoms with E-state index >= 15 is 0 Å². The van der Waals surface area contributed by atoms with Crippen molar-refractivity contribution in [3.05, 3.63) is 82.8 Å². The number of allylic oxidation sites excluding steroid dienone is 2. The van der Waals surface area contributed by atoms with Gasteiger partial charge in [-0.3, -0.25) is 0 Å². The molecule has 2 aromatic carbocycles. The van der Waals surface area contributed by atoms with Gasteiger partial charge < -0.3 is 14.2 Å². The van der Waals surface area contributed by atoms with Crippen molar-refractivity contribution in [2.75, 3.05) is 20.1 Å². The Kier molecular flexibility index (Phi) is 5.88. The van der Waals surface area contributed by atoms with E-state index in [4.69, 9.17) is 9.72 Å². The van der Waals surface area contributed by atoms with E-state index in [0.717, 1.165) is 50.4 Å². The molecule has 3 heterocycles. The molecule has 3 aromatic rings. The van der Waals surface area contributed by atoms with E-state index in [1.807, 2.05) is 0 Å². The van der Waals surface area contributed by atoms with Crippen molar-refractivity contribution in [2.24, 2.45) is 0 Å². The van der Waals surface area contributed by atoms with Crippen LogP contribution in [0.4, 0.5) is 0 Å². The molecule has 1 aliphatic carbocycles. The van der Waals surface area contributed by atoms with Crippen LogP contribution in [0.3, 0.4) is 0 Å². The molecule has 0 N–H and O–H groups in total. The van der Waals surface area contributed by atoms with Gasteiger partial charge in [0.25, 0.3) is 0 Å². The SMILES string of the molecule is Cc1c(-c2ccc(C3=CCCC3)cc2)nc2n1CCc1ccccc1C2OC1CCN(C)CC1. The third kappa shape index (κ3) is 4.03. The average molecular weight is 454 g/mol. The van der Waals surface area contributed by atoms with Gasteiger partial charge >= 0.3 is 0 Å². The quantitative estimate of drug-likeness (QED) is 0.472. The molecule has 4 heteroatoms. The number of likely N-dealkylation sites (tertiary alicyclic amines) is 1. The molecule has 176 valence electrons. The van der Waals surface area contributed by atoms with E-state index in [9.17, 15) is 0 Å². The summed E-state index contributed by atoms with van der Waals surface area (Å²) in [6.45, 7) is 5.37. The molecule has 1 atom stereocenters. The minimum Gasteiger partial charge on any atom is -0.362 e. The van der Waals surface area contributed by atoms with E-state index in [1.54, 1.807) is 0 Å². The van der Waals surface area contributed by atoms with Gasteiger partial charge in [-0.15, -0.1) is 0 Å². The number of aryl methyl sites for hydroxylation is 1. The van der Waals surface area contributed by atoms with Crippen molar-refractivity contribution < 1.29 is 4.74 Å². The van der Waals surface area contributed by atoms with E-state index in [1.165, 1.54) is 52.8 Å². The highest BCUT2D eigenvalue weighted by Gasteiger charge is 2.32. The van der Waals surface area contributed by atoms with Crippen molar-refractivity contribution >= 4 is 5.57 Å². The molecule has 0 bridgehead atoms. The lowest BCUT2D eigenvalue weighted by Crippen LogP contribution is -2.35. The van der Waals surface area contributed by atoms with E-state index in [2.05, 4.69) is 78.0 Å². The molecular formula is C30H35N3O. The summed E-state index contributed by atoms with van der Waals surface area (Å²) in [4.78, 5) is 7.68. The molecule has 1 fully saturated rings. The van der Waals surface area contributed by atoms with Crippen LogP contribution in [0, 0.1) is 6.92 Å². The van der Waals surface area contributed by atoms with Crippen molar-refractivity contribution in [3.63, 3.8) is 0 Å². The number of hydrogen-bond acceptors (Lipinski definition) is 3. The highest BCUT2D eigenvalue weighted by atomic mass is 16.5. The normalized spacial score (nSPS) is 21.1. The molecule has 0 saturated carbocycles. The predicted octanol–water partition coefficient (Wildman–Crippen LogP) is 6.18. The van der Waals surface area contributed by atoms with Crippen molar-refractivity contribution in [1.29, 1.82) is 0 Å². The highest BCUT2D eigenvalue weighted by molar-refractivity contribution is 5.71. The number of benzene rings is 2. The van der Waals surface area contributed by atoms with Gasteiger partial charge in [0.1, 0.15) is 11.9 Å². The standard InChI is InChI=1S/C30H35N3O/c1-21-28(25-13-11-23(12-14-25)22-7-3-4-8-22)31-30-29(34-26-16-18-32(2)19-17-26)27-10-6-5-9-24(27)15-20-33(21)30/h5-7,9-14,26,29H,3-4,8,15-20H2,1-2H3. The smallest absolute Gasteiger partial charge is 0.143 e. The lowest BCUT2D eigenvalue weighted by atomic mass is 9.99. The summed E-state index contributed by atoms with van der Waals surface area (Å²) in [5.74, 6) is 1.07. The molecule has 4 nitrogen and oxygen atoms in total. The molecule has 6 rings (SSSR count). The first-order valence-electron chi connectivity index (χ1n) is 13.0. The number of rotatable bonds is 4. The maximum absolute atomic E-state index is 6.89. The average Bonchev–Trinajstić information content (AvgIpc) is 3.48. The second kappa shape index (κ2) is 9.16. The molecule has 0 spiro atoms. The van der Waals surface area contributed by atoms with Gasteiger partial charge in [0.2, 0.25) is 0 Å². The zero-order valence-electron chi connectivity index (χ0n) is 20.5. The Labute approximate surface area is 203 Å². The van der Waals surface area contributed by atoms with Crippen LogP contribution in [-0.4, -0.2) is 40.7 Å². The topological polar surface area (TPSA) is 30.3 Å². The number of fused-ring (bicyclic) bond motifs is 2. The van der Waals surface area contributed by atoms with Crippen molar-refractivity contribution in [1.82, 2.24) is 14.5 Å². The van der Waals surface area contributed by atoms with Crippen molar-refractivity contribution in [2.45, 2.75) is 64.2 Å². The Balaban J connectivity index is 1.37. The molecule has 0 amide bonds. The van der Waals surface area contributed by atoms with Gasteiger partial charge in [0, 0.05) is 30.9 Å². The van der Waals surface area contributed by atoms with Crippen LogP contribution in [0.15, 0.2) is 54.6 Å². The third-order valence-corrected chi connectivity index (χ3v) is 7.99. The summed E-state index contributed by atoms with van der Waals surface area (Å²) in [6.07, 6.45) is 9.43. The first-order chi connectivity index (χ1) is 16.7. The molecular weight excluding hydrogens is 418 g/mol. The summed E-state index contributed by atoms with van der Waals surface area (Å²) in [6, 6.07) is 17.9. The van der Waals surface area contributed by atoms with Gasteiger partial charge in [-0.25, -0.2) is 4.98 Å². The second-order valence-corrected chi connectivity index (χ2v) is 10.2. The maximum atomic E-state index is 6.89. The minimum absolute atomic E-state index is 0.109. The fourth-order valence-electron chi connectivity index (χ4n) is 5.92. The van der Waals surface area contributed by atoms with Crippen molar-refractivity contribution in [3.8, 4) is 11.3 Å². The first-order valence-corrected chi connectivity index (χ1v) is 13.0. The summed E-state index contributed by atoms with van der Waals surface area (Å²) in [5.41, 5.74) is 9.07. The molecule has 1 saturated heterocycles. The molecule has 2 aliphatic heterocycles. The number of ether oxygens (including phenoxy) is 1. The van der Waals surface area contributed by atoms with E-state index in [-0.39, 0.29) is 12.2 Å². The zero-order valence-corrected chi connectivity index (χ0v) is 20.5. The Morgan fingerprint density at radius 1 is 0.912 bits per heavy atom. The first kappa shape index (κ1) is 21.8. The van der Waals surface area contributed by atoms with E-state index < -0.39 is 0 Å². The molecule has 3 aliphatic rings. The summed E-state index contributed by atoms with van der Waals surface area (Å²) in [5, 5.41) is 0. The lowest BCUT2D eigenvalue weighted by molar-refractivity contribution is -0.0276. The summed E-state index contributed by atoms with van der Waals surface area (Å²) < 4.78 is 9.31. The van der Waals surface area contributed by atoms with Gasteiger partial charge in [-0.2, -0.15) is 0 Å². The number of hydrogen-bond donors (Lipinski definition) is 0. The fraction of sp³-hybridized carbons (Fsp3) is 0.433. The second-order valence-electron chi connectivity index (χ2n) is 10.2. The minimum atomic E-state index is -0.109. The summed E-state index contributed by atoms with van der Waals surface area (Å²) in [7, 11) is 2.20. The van der Waals surface area contributed by atoms with Crippen LogP contribution >= 0.6 is 0 Å². The van der Waals surface area contributed by atoms with Gasteiger partial charge in [-0.1, -0.05) is 54.6 Å². The monoisotopic (exact) mass is 453 g/mol. The van der Waals surface area contributed by atoms with Crippen LogP contribution < -0.4 is 0 Å². The Hall–Kier alpha value is -2.69. The largest absolute Gasteiger partial charge is 0.362 e. The number of aromatic nitrogens is 2. The fourth-order valence-corrected chi connectivity index (χ4v) is 5.92. The summed E-state index contributed by atoms with van der Waals surface area (Å²) >= 11 is 0. The van der Waals surface area contributed by atoms with Gasteiger partial charge in [0.05, 0.1) is 11.8 Å². The maximum Gasteiger partial charge on any atom is 0.143 e. The van der Waals surface area contributed by atoms with Crippen LogP contribution in [0.2, 0.25) is 0 Å². The van der Waals surface area contributed by atoms with Crippen LogP contribution in [-0.2, 0) is 17.7 Å². The molecule has 1 unspecified atom stereocenters. The molecule has 34 heavy (non-hydrogen) atoms. The zero-order chi connectivity index (χ0) is 23.1. The van der Waals surface area contributed by atoms with E-state index in [0.29, 0.717) is 0 Å². The third-order valence-electron chi connectivity index (χ3n) is 7.99. The molecule has 0 radical (unpaired) electrons. The lowest BCUT2D eigenvalue weighted by Gasteiger charge is -2.32. The van der Waals surface area contributed by atoms with Crippen LogP contribution in [0.1, 0.15) is 66.4 Å².